The lowest BCUT2D eigenvalue weighted by Crippen LogP contribution is -2.21. The predicted octanol–water partition coefficient (Wildman–Crippen LogP) is 3.95. The van der Waals surface area contributed by atoms with Crippen molar-refractivity contribution in [1.82, 2.24) is 15.1 Å². The number of rotatable bonds is 5. The Morgan fingerprint density at radius 1 is 1.24 bits per heavy atom. The molecule has 0 saturated heterocycles. The molecule has 0 aliphatic carbocycles. The van der Waals surface area contributed by atoms with E-state index >= 15 is 0 Å². The normalized spacial score (nSPS) is 11.6. The van der Waals surface area contributed by atoms with Gasteiger partial charge in [-0.25, -0.2) is 0 Å². The van der Waals surface area contributed by atoms with Gasteiger partial charge in [-0.2, -0.15) is 5.10 Å². The van der Waals surface area contributed by atoms with Crippen molar-refractivity contribution in [1.29, 1.82) is 0 Å². The summed E-state index contributed by atoms with van der Waals surface area (Å²) in [5, 5.41) is 11.7. The van der Waals surface area contributed by atoms with Crippen LogP contribution in [0.2, 0.25) is 0 Å². The number of hydrogen-bond acceptors (Lipinski definition) is 3. The molecular formula is C17H21N3S. The van der Waals surface area contributed by atoms with Crippen LogP contribution in [0.4, 0.5) is 0 Å². The van der Waals surface area contributed by atoms with Crippen LogP contribution in [0.1, 0.15) is 30.7 Å². The SMILES string of the molecule is Cc1nn(Cc2csc3ccccc23)cc1CNC(C)C. The summed E-state index contributed by atoms with van der Waals surface area (Å²) in [4.78, 5) is 0. The molecule has 1 aromatic carbocycles. The van der Waals surface area contributed by atoms with Crippen molar-refractivity contribution >= 4 is 21.4 Å². The molecule has 0 unspecified atom stereocenters. The van der Waals surface area contributed by atoms with Crippen LogP contribution in [0.25, 0.3) is 10.1 Å². The van der Waals surface area contributed by atoms with Gasteiger partial charge in [0.25, 0.3) is 0 Å². The highest BCUT2D eigenvalue weighted by molar-refractivity contribution is 7.17. The summed E-state index contributed by atoms with van der Waals surface area (Å²) in [6.45, 7) is 8.13. The number of aryl methyl sites for hydroxylation is 1. The Hall–Kier alpha value is -1.65. The Morgan fingerprint density at radius 2 is 2.05 bits per heavy atom. The lowest BCUT2D eigenvalue weighted by atomic mass is 10.2. The van der Waals surface area contributed by atoms with Gasteiger partial charge in [0.1, 0.15) is 0 Å². The maximum atomic E-state index is 4.65. The van der Waals surface area contributed by atoms with Gasteiger partial charge in [-0.3, -0.25) is 4.68 Å². The quantitative estimate of drug-likeness (QED) is 0.773. The summed E-state index contributed by atoms with van der Waals surface area (Å²) in [6, 6.07) is 9.06. The van der Waals surface area contributed by atoms with Gasteiger partial charge >= 0.3 is 0 Å². The molecule has 2 aromatic heterocycles. The van der Waals surface area contributed by atoms with E-state index in [0.29, 0.717) is 6.04 Å². The smallest absolute Gasteiger partial charge is 0.0673 e. The van der Waals surface area contributed by atoms with Crippen molar-refractivity contribution < 1.29 is 0 Å². The lowest BCUT2D eigenvalue weighted by Gasteiger charge is -2.06. The summed E-state index contributed by atoms with van der Waals surface area (Å²) in [5.41, 5.74) is 3.74. The predicted molar refractivity (Wildman–Crippen MR) is 89.9 cm³/mol. The van der Waals surface area contributed by atoms with Crippen LogP contribution < -0.4 is 5.32 Å². The summed E-state index contributed by atoms with van der Waals surface area (Å²) < 4.78 is 3.40. The van der Waals surface area contributed by atoms with E-state index in [2.05, 4.69) is 71.7 Å². The highest BCUT2D eigenvalue weighted by Crippen LogP contribution is 2.26. The minimum atomic E-state index is 0.494. The second kappa shape index (κ2) is 6.00. The molecule has 0 spiro atoms. The molecule has 110 valence electrons. The number of aromatic nitrogens is 2. The molecule has 0 fully saturated rings. The van der Waals surface area contributed by atoms with Gasteiger partial charge in [0.05, 0.1) is 12.2 Å². The van der Waals surface area contributed by atoms with Crippen LogP contribution in [-0.2, 0) is 13.1 Å². The molecule has 0 radical (unpaired) electrons. The number of fused-ring (bicyclic) bond motifs is 1. The van der Waals surface area contributed by atoms with Gasteiger partial charge in [-0.15, -0.1) is 11.3 Å². The van der Waals surface area contributed by atoms with Crippen LogP contribution in [-0.4, -0.2) is 15.8 Å². The molecule has 0 aliphatic rings. The molecule has 0 amide bonds. The fraction of sp³-hybridized carbons (Fsp3) is 0.353. The zero-order valence-corrected chi connectivity index (χ0v) is 13.6. The molecule has 3 nitrogen and oxygen atoms in total. The van der Waals surface area contributed by atoms with Gasteiger partial charge < -0.3 is 5.32 Å². The number of nitrogens with zero attached hydrogens (tertiary/aromatic N) is 2. The number of thiophene rings is 1. The van der Waals surface area contributed by atoms with Crippen molar-refractivity contribution in [2.75, 3.05) is 0 Å². The third-order valence-electron chi connectivity index (χ3n) is 3.64. The average molecular weight is 299 g/mol. The molecule has 3 aromatic rings. The van der Waals surface area contributed by atoms with E-state index < -0.39 is 0 Å². The molecule has 0 aliphatic heterocycles. The summed E-state index contributed by atoms with van der Waals surface area (Å²) in [7, 11) is 0. The Balaban J connectivity index is 1.80. The fourth-order valence-corrected chi connectivity index (χ4v) is 3.41. The minimum absolute atomic E-state index is 0.494. The van der Waals surface area contributed by atoms with E-state index in [4.69, 9.17) is 0 Å². The maximum absolute atomic E-state index is 4.65. The van der Waals surface area contributed by atoms with Crippen molar-refractivity contribution in [2.45, 2.75) is 39.9 Å². The van der Waals surface area contributed by atoms with Crippen LogP contribution >= 0.6 is 11.3 Å². The van der Waals surface area contributed by atoms with E-state index in [-0.39, 0.29) is 0 Å². The molecule has 2 heterocycles. The maximum Gasteiger partial charge on any atom is 0.0673 e. The average Bonchev–Trinajstić information content (AvgIpc) is 3.01. The van der Waals surface area contributed by atoms with Crippen LogP contribution in [0.5, 0.6) is 0 Å². The first-order valence-electron chi connectivity index (χ1n) is 7.35. The second-order valence-electron chi connectivity index (χ2n) is 5.73. The van der Waals surface area contributed by atoms with Crippen molar-refractivity contribution in [3.63, 3.8) is 0 Å². The van der Waals surface area contributed by atoms with Gasteiger partial charge in [0.2, 0.25) is 0 Å². The van der Waals surface area contributed by atoms with E-state index in [1.54, 1.807) is 11.3 Å². The highest BCUT2D eigenvalue weighted by atomic mass is 32.1. The molecule has 1 N–H and O–H groups in total. The Bertz CT molecular complexity index is 739. The van der Waals surface area contributed by atoms with Crippen LogP contribution in [0, 0.1) is 6.92 Å². The first-order valence-corrected chi connectivity index (χ1v) is 8.23. The summed E-state index contributed by atoms with van der Waals surface area (Å²) >= 11 is 1.80. The van der Waals surface area contributed by atoms with Crippen molar-refractivity contribution in [3.8, 4) is 0 Å². The van der Waals surface area contributed by atoms with E-state index in [1.165, 1.54) is 21.2 Å². The molecular weight excluding hydrogens is 278 g/mol. The second-order valence-corrected chi connectivity index (χ2v) is 6.64. The Morgan fingerprint density at radius 3 is 2.86 bits per heavy atom. The van der Waals surface area contributed by atoms with Gasteiger partial charge in [0.15, 0.2) is 0 Å². The fourth-order valence-electron chi connectivity index (χ4n) is 2.46. The van der Waals surface area contributed by atoms with Gasteiger partial charge in [0, 0.05) is 29.0 Å². The Kier molecular flexibility index (Phi) is 4.08. The molecule has 0 bridgehead atoms. The van der Waals surface area contributed by atoms with E-state index in [9.17, 15) is 0 Å². The summed E-state index contributed by atoms with van der Waals surface area (Å²) in [5.74, 6) is 0. The summed E-state index contributed by atoms with van der Waals surface area (Å²) in [6.07, 6.45) is 2.16. The van der Waals surface area contributed by atoms with Gasteiger partial charge in [-0.1, -0.05) is 32.0 Å². The van der Waals surface area contributed by atoms with Crippen molar-refractivity contribution in [2.24, 2.45) is 0 Å². The molecule has 4 heteroatoms. The van der Waals surface area contributed by atoms with E-state index in [1.807, 2.05) is 0 Å². The first kappa shape index (κ1) is 14.3. The topological polar surface area (TPSA) is 29.9 Å². The lowest BCUT2D eigenvalue weighted by molar-refractivity contribution is 0.587. The molecule has 21 heavy (non-hydrogen) atoms. The monoisotopic (exact) mass is 299 g/mol. The first-order chi connectivity index (χ1) is 10.1. The van der Waals surface area contributed by atoms with Crippen LogP contribution in [0.3, 0.4) is 0 Å². The molecule has 0 atom stereocenters. The molecule has 3 rings (SSSR count). The number of benzene rings is 1. The number of hydrogen-bond donors (Lipinski definition) is 1. The van der Waals surface area contributed by atoms with Crippen molar-refractivity contribution in [3.05, 3.63) is 52.7 Å². The zero-order valence-electron chi connectivity index (χ0n) is 12.8. The highest BCUT2D eigenvalue weighted by Gasteiger charge is 2.08. The van der Waals surface area contributed by atoms with Gasteiger partial charge in [-0.05, 0) is 29.3 Å². The third-order valence-corrected chi connectivity index (χ3v) is 4.65. The Labute approximate surface area is 129 Å². The van der Waals surface area contributed by atoms with Crippen LogP contribution in [0.15, 0.2) is 35.8 Å². The third kappa shape index (κ3) is 3.17. The minimum Gasteiger partial charge on any atom is -0.310 e. The largest absolute Gasteiger partial charge is 0.310 e. The number of nitrogens with one attached hydrogen (secondary N) is 1. The standard InChI is InChI=1S/C17H21N3S/c1-12(2)18-8-14-9-20(19-13(14)3)10-15-11-21-17-7-5-4-6-16(15)17/h4-7,9,11-12,18H,8,10H2,1-3H3. The molecule has 0 saturated carbocycles. The van der Waals surface area contributed by atoms with E-state index in [0.717, 1.165) is 18.8 Å². The zero-order chi connectivity index (χ0) is 14.8.